The van der Waals surface area contributed by atoms with E-state index in [4.69, 9.17) is 5.73 Å². The zero-order valence-corrected chi connectivity index (χ0v) is 11.9. The minimum Gasteiger partial charge on any atom is -0.393 e. The Hall–Kier alpha value is -1.39. The summed E-state index contributed by atoms with van der Waals surface area (Å²) in [6.07, 6.45) is 0.253. The summed E-state index contributed by atoms with van der Waals surface area (Å²) in [5.41, 5.74) is 6.55. The Kier molecular flexibility index (Phi) is 5.51. The monoisotopic (exact) mass is 264 g/mol. The van der Waals surface area contributed by atoms with Crippen molar-refractivity contribution >= 4 is 5.91 Å². The maximum Gasteiger partial charge on any atom is 0.241 e. The first kappa shape index (κ1) is 15.7. The molecule has 19 heavy (non-hydrogen) atoms. The molecule has 106 valence electrons. The van der Waals surface area contributed by atoms with Crippen molar-refractivity contribution < 1.29 is 9.90 Å². The summed E-state index contributed by atoms with van der Waals surface area (Å²) in [7, 11) is 0. The third kappa shape index (κ3) is 5.41. The Bertz CT molecular complexity index is 402. The fraction of sp³-hybridized carbons (Fsp3) is 0.533. The van der Waals surface area contributed by atoms with E-state index in [-0.39, 0.29) is 17.4 Å². The standard InChI is InChI=1S/C15H24N2O2/c1-11(18)9-15(2,3)10-17-14(19)13(16)12-7-5-4-6-8-12/h4-8,11,13,18H,9-10,16H2,1-3H3,(H,17,19). The normalized spacial score (nSPS) is 14.8. The first-order valence-electron chi connectivity index (χ1n) is 6.58. The second-order valence-electron chi connectivity index (χ2n) is 5.82. The zero-order valence-electron chi connectivity index (χ0n) is 11.9. The highest BCUT2D eigenvalue weighted by molar-refractivity contribution is 5.82. The predicted molar refractivity (Wildman–Crippen MR) is 76.5 cm³/mol. The summed E-state index contributed by atoms with van der Waals surface area (Å²) in [6.45, 7) is 6.26. The molecule has 0 aliphatic carbocycles. The minimum atomic E-state index is -0.649. The Morgan fingerprint density at radius 1 is 1.37 bits per heavy atom. The van der Waals surface area contributed by atoms with Gasteiger partial charge in [-0.05, 0) is 24.3 Å². The van der Waals surface area contributed by atoms with Crippen molar-refractivity contribution in [3.63, 3.8) is 0 Å². The van der Waals surface area contributed by atoms with Crippen LogP contribution < -0.4 is 11.1 Å². The third-order valence-electron chi connectivity index (χ3n) is 3.03. The molecule has 0 aliphatic rings. The van der Waals surface area contributed by atoms with Crippen molar-refractivity contribution in [2.75, 3.05) is 6.54 Å². The number of nitrogens with two attached hydrogens (primary N) is 1. The summed E-state index contributed by atoms with van der Waals surface area (Å²) < 4.78 is 0. The molecule has 2 atom stereocenters. The SMILES string of the molecule is CC(O)CC(C)(C)CNC(=O)C(N)c1ccccc1. The van der Waals surface area contributed by atoms with E-state index in [0.717, 1.165) is 5.56 Å². The fourth-order valence-corrected chi connectivity index (χ4v) is 2.12. The van der Waals surface area contributed by atoms with Crippen LogP contribution in [0.5, 0.6) is 0 Å². The Balaban J connectivity index is 2.52. The van der Waals surface area contributed by atoms with E-state index in [0.29, 0.717) is 13.0 Å². The average molecular weight is 264 g/mol. The third-order valence-corrected chi connectivity index (χ3v) is 3.03. The van der Waals surface area contributed by atoms with Gasteiger partial charge in [-0.25, -0.2) is 0 Å². The van der Waals surface area contributed by atoms with Crippen molar-refractivity contribution in [1.29, 1.82) is 0 Å². The van der Waals surface area contributed by atoms with Gasteiger partial charge in [-0.15, -0.1) is 0 Å². The van der Waals surface area contributed by atoms with Gasteiger partial charge in [0.05, 0.1) is 6.10 Å². The summed E-state index contributed by atoms with van der Waals surface area (Å²) in [5, 5.41) is 12.3. The number of carbonyl (C=O) groups is 1. The van der Waals surface area contributed by atoms with Crippen LogP contribution in [0.25, 0.3) is 0 Å². The molecule has 4 N–H and O–H groups in total. The van der Waals surface area contributed by atoms with E-state index >= 15 is 0 Å². The lowest BCUT2D eigenvalue weighted by molar-refractivity contribution is -0.123. The van der Waals surface area contributed by atoms with Gasteiger partial charge in [-0.3, -0.25) is 4.79 Å². The molecule has 1 aromatic rings. The summed E-state index contributed by atoms with van der Waals surface area (Å²) >= 11 is 0. The largest absolute Gasteiger partial charge is 0.393 e. The van der Waals surface area contributed by atoms with Crippen molar-refractivity contribution in [1.82, 2.24) is 5.32 Å². The van der Waals surface area contributed by atoms with Gasteiger partial charge in [0.25, 0.3) is 0 Å². The molecule has 0 spiro atoms. The molecule has 0 heterocycles. The lowest BCUT2D eigenvalue weighted by Crippen LogP contribution is -2.40. The molecule has 0 saturated heterocycles. The second-order valence-corrected chi connectivity index (χ2v) is 5.82. The number of nitrogens with one attached hydrogen (secondary N) is 1. The van der Waals surface area contributed by atoms with Gasteiger partial charge >= 0.3 is 0 Å². The van der Waals surface area contributed by atoms with Crippen molar-refractivity contribution in [3.05, 3.63) is 35.9 Å². The molecule has 1 aromatic carbocycles. The highest BCUT2D eigenvalue weighted by atomic mass is 16.3. The van der Waals surface area contributed by atoms with Crippen LogP contribution in [0, 0.1) is 5.41 Å². The molecule has 0 aliphatic heterocycles. The number of carbonyl (C=O) groups excluding carboxylic acids is 1. The molecule has 4 heteroatoms. The molecule has 2 unspecified atom stereocenters. The van der Waals surface area contributed by atoms with Gasteiger partial charge in [-0.1, -0.05) is 44.2 Å². The Morgan fingerprint density at radius 2 is 1.95 bits per heavy atom. The maximum absolute atomic E-state index is 12.0. The number of hydrogen-bond acceptors (Lipinski definition) is 3. The highest BCUT2D eigenvalue weighted by Crippen LogP contribution is 2.21. The number of hydrogen-bond donors (Lipinski definition) is 3. The van der Waals surface area contributed by atoms with Crippen LogP contribution in [0.15, 0.2) is 30.3 Å². The quantitative estimate of drug-likeness (QED) is 0.730. The molecule has 0 saturated carbocycles. The average Bonchev–Trinajstić information content (AvgIpc) is 2.34. The molecule has 0 bridgehead atoms. The van der Waals surface area contributed by atoms with Gasteiger partial charge in [0.2, 0.25) is 5.91 Å². The highest BCUT2D eigenvalue weighted by Gasteiger charge is 2.23. The van der Waals surface area contributed by atoms with Crippen molar-refractivity contribution in [2.45, 2.75) is 39.3 Å². The number of aliphatic hydroxyl groups excluding tert-OH is 1. The van der Waals surface area contributed by atoms with Gasteiger partial charge < -0.3 is 16.2 Å². The molecular formula is C15H24N2O2. The van der Waals surface area contributed by atoms with E-state index in [1.54, 1.807) is 6.92 Å². The summed E-state index contributed by atoms with van der Waals surface area (Å²) in [4.78, 5) is 12.0. The number of aliphatic hydroxyl groups is 1. The molecule has 0 radical (unpaired) electrons. The van der Waals surface area contributed by atoms with Crippen molar-refractivity contribution in [3.8, 4) is 0 Å². The number of rotatable bonds is 6. The van der Waals surface area contributed by atoms with E-state index in [1.807, 2.05) is 44.2 Å². The van der Waals surface area contributed by atoms with Crippen LogP contribution in [-0.4, -0.2) is 23.7 Å². The van der Waals surface area contributed by atoms with Crippen LogP contribution in [-0.2, 0) is 4.79 Å². The first-order valence-corrected chi connectivity index (χ1v) is 6.58. The van der Waals surface area contributed by atoms with Crippen LogP contribution >= 0.6 is 0 Å². The minimum absolute atomic E-state index is 0.153. The molecule has 0 aromatic heterocycles. The van der Waals surface area contributed by atoms with E-state index in [9.17, 15) is 9.90 Å². The van der Waals surface area contributed by atoms with E-state index < -0.39 is 6.04 Å². The van der Waals surface area contributed by atoms with Crippen LogP contribution in [0.3, 0.4) is 0 Å². The summed E-state index contributed by atoms with van der Waals surface area (Å²) in [6, 6.07) is 8.64. The van der Waals surface area contributed by atoms with Crippen LogP contribution in [0.1, 0.15) is 38.8 Å². The molecular weight excluding hydrogens is 240 g/mol. The van der Waals surface area contributed by atoms with Crippen LogP contribution in [0.4, 0.5) is 0 Å². The fourth-order valence-electron chi connectivity index (χ4n) is 2.12. The number of benzene rings is 1. The van der Waals surface area contributed by atoms with Gasteiger partial charge in [0, 0.05) is 6.54 Å². The smallest absolute Gasteiger partial charge is 0.241 e. The summed E-state index contributed by atoms with van der Waals surface area (Å²) in [5.74, 6) is -0.190. The Morgan fingerprint density at radius 3 is 2.47 bits per heavy atom. The lowest BCUT2D eigenvalue weighted by atomic mass is 9.87. The molecule has 1 amide bonds. The topological polar surface area (TPSA) is 75.3 Å². The maximum atomic E-state index is 12.0. The first-order chi connectivity index (χ1) is 8.82. The molecule has 4 nitrogen and oxygen atoms in total. The predicted octanol–water partition coefficient (Wildman–Crippen LogP) is 1.60. The number of amides is 1. The van der Waals surface area contributed by atoms with E-state index in [1.165, 1.54) is 0 Å². The molecule has 0 fully saturated rings. The second kappa shape index (κ2) is 6.68. The van der Waals surface area contributed by atoms with Gasteiger partial charge in [0.1, 0.15) is 6.04 Å². The zero-order chi connectivity index (χ0) is 14.5. The van der Waals surface area contributed by atoms with Crippen molar-refractivity contribution in [2.24, 2.45) is 11.1 Å². The van der Waals surface area contributed by atoms with Crippen LogP contribution in [0.2, 0.25) is 0 Å². The Labute approximate surface area is 115 Å². The lowest BCUT2D eigenvalue weighted by Gasteiger charge is -2.27. The molecule has 1 rings (SSSR count). The van der Waals surface area contributed by atoms with Gasteiger partial charge in [0.15, 0.2) is 0 Å². The van der Waals surface area contributed by atoms with E-state index in [2.05, 4.69) is 5.32 Å². The van der Waals surface area contributed by atoms with Gasteiger partial charge in [-0.2, -0.15) is 0 Å².